The Labute approximate surface area is 243 Å². The molecule has 0 aromatic heterocycles. The van der Waals surface area contributed by atoms with E-state index in [2.05, 4.69) is 27.7 Å². The van der Waals surface area contributed by atoms with Crippen molar-refractivity contribution < 1.29 is 8.85 Å². The zero-order valence-corrected chi connectivity index (χ0v) is 28.2. The molecule has 0 aliphatic rings. The molecular weight excluding hydrogens is 480 g/mol. The minimum atomic E-state index is -2.00. The van der Waals surface area contributed by atoms with E-state index >= 15 is 0 Å². The van der Waals surface area contributed by atoms with Gasteiger partial charge in [0.05, 0.1) is 0 Å². The van der Waals surface area contributed by atoms with Gasteiger partial charge in [-0.2, -0.15) is 0 Å². The van der Waals surface area contributed by atoms with Gasteiger partial charge >= 0.3 is 8.56 Å². The Kier molecular flexibility index (Phi) is 31.8. The molecule has 0 unspecified atom stereocenters. The summed E-state index contributed by atoms with van der Waals surface area (Å²) in [4.78, 5) is 0. The molecule has 230 valence electrons. The maximum atomic E-state index is 6.41. The van der Waals surface area contributed by atoms with Crippen LogP contribution in [0.4, 0.5) is 0 Å². The van der Waals surface area contributed by atoms with Crippen molar-refractivity contribution in [2.24, 2.45) is 0 Å². The van der Waals surface area contributed by atoms with Gasteiger partial charge in [-0.3, -0.25) is 0 Å². The van der Waals surface area contributed by atoms with Gasteiger partial charge in [0.15, 0.2) is 0 Å². The van der Waals surface area contributed by atoms with Crippen molar-refractivity contribution in [3.05, 3.63) is 0 Å². The van der Waals surface area contributed by atoms with Gasteiger partial charge in [-0.05, 0) is 25.9 Å². The quantitative estimate of drug-likeness (QED) is 0.0593. The minimum absolute atomic E-state index is 0.823. The van der Waals surface area contributed by atoms with E-state index in [-0.39, 0.29) is 0 Å². The first-order chi connectivity index (χ1) is 18.7. The van der Waals surface area contributed by atoms with Crippen molar-refractivity contribution in [1.82, 2.24) is 0 Å². The van der Waals surface area contributed by atoms with Crippen molar-refractivity contribution in [3.8, 4) is 0 Å². The standard InChI is InChI=1S/C35H74O2Si/c1-5-9-11-13-15-17-19-21-22-23-25-27-29-31-33-35-38(36-7-3,37-8-4)34-32-30-28-26-24-20-18-16-14-12-10-6-2/h5-35H2,1-4H3. The lowest BCUT2D eigenvalue weighted by atomic mass is 10.0. The van der Waals surface area contributed by atoms with Gasteiger partial charge in [-0.25, -0.2) is 0 Å². The summed E-state index contributed by atoms with van der Waals surface area (Å²) in [6.45, 7) is 10.6. The molecule has 0 saturated heterocycles. The molecule has 0 bridgehead atoms. The second kappa shape index (κ2) is 31.7. The Morgan fingerprint density at radius 3 is 0.711 bits per heavy atom. The van der Waals surface area contributed by atoms with Gasteiger partial charge in [-0.15, -0.1) is 0 Å². The first-order valence-corrected chi connectivity index (χ1v) is 20.3. The summed E-state index contributed by atoms with van der Waals surface area (Å²) in [5, 5.41) is 0. The predicted molar refractivity (Wildman–Crippen MR) is 175 cm³/mol. The van der Waals surface area contributed by atoms with Crippen molar-refractivity contribution >= 4 is 8.56 Å². The van der Waals surface area contributed by atoms with Crippen LogP contribution in [0.15, 0.2) is 0 Å². The molecule has 0 N–H and O–H groups in total. The van der Waals surface area contributed by atoms with E-state index in [0.717, 1.165) is 13.2 Å². The molecule has 0 aliphatic heterocycles. The van der Waals surface area contributed by atoms with Crippen molar-refractivity contribution in [3.63, 3.8) is 0 Å². The van der Waals surface area contributed by atoms with E-state index in [1.807, 2.05) is 0 Å². The molecule has 0 radical (unpaired) electrons. The van der Waals surface area contributed by atoms with E-state index in [1.54, 1.807) is 0 Å². The highest BCUT2D eigenvalue weighted by Gasteiger charge is 2.35. The predicted octanol–water partition coefficient (Wildman–Crippen LogP) is 13.1. The molecule has 0 aromatic carbocycles. The number of hydrogen-bond acceptors (Lipinski definition) is 2. The molecule has 0 aromatic rings. The Morgan fingerprint density at radius 2 is 0.500 bits per heavy atom. The second-order valence-electron chi connectivity index (χ2n) is 12.1. The van der Waals surface area contributed by atoms with Crippen LogP contribution in [0, 0.1) is 0 Å². The fourth-order valence-electron chi connectivity index (χ4n) is 5.98. The molecule has 0 atom stereocenters. The average Bonchev–Trinajstić information content (AvgIpc) is 2.92. The second-order valence-corrected chi connectivity index (χ2v) is 15.5. The van der Waals surface area contributed by atoms with Crippen LogP contribution in [-0.2, 0) is 8.85 Å². The van der Waals surface area contributed by atoms with Crippen LogP contribution in [0.25, 0.3) is 0 Å². The van der Waals surface area contributed by atoms with E-state index in [9.17, 15) is 0 Å². The molecule has 0 amide bonds. The third-order valence-corrected chi connectivity index (χ3v) is 12.2. The normalized spacial score (nSPS) is 12.0. The SMILES string of the molecule is CCCCCCCCCCCCCCCCC[Si](CCCCCCCCCCCCCC)(OCC)OCC. The average molecular weight is 555 g/mol. The summed E-state index contributed by atoms with van der Waals surface area (Å²) in [5.41, 5.74) is 0. The maximum absolute atomic E-state index is 6.41. The van der Waals surface area contributed by atoms with E-state index < -0.39 is 8.56 Å². The molecule has 0 rings (SSSR count). The third kappa shape index (κ3) is 26.4. The Balaban J connectivity index is 3.78. The lowest BCUT2D eigenvalue weighted by molar-refractivity contribution is 0.180. The zero-order chi connectivity index (χ0) is 27.8. The van der Waals surface area contributed by atoms with E-state index in [4.69, 9.17) is 8.85 Å². The Morgan fingerprint density at radius 1 is 0.289 bits per heavy atom. The highest BCUT2D eigenvalue weighted by molar-refractivity contribution is 6.67. The monoisotopic (exact) mass is 555 g/mol. The van der Waals surface area contributed by atoms with Crippen LogP contribution in [0.3, 0.4) is 0 Å². The van der Waals surface area contributed by atoms with Crippen LogP contribution in [0.5, 0.6) is 0 Å². The molecule has 2 nitrogen and oxygen atoms in total. The lowest BCUT2D eigenvalue weighted by Gasteiger charge is -2.30. The van der Waals surface area contributed by atoms with Crippen molar-refractivity contribution in [2.75, 3.05) is 13.2 Å². The van der Waals surface area contributed by atoms with Crippen LogP contribution in [-0.4, -0.2) is 21.8 Å². The lowest BCUT2D eigenvalue weighted by Crippen LogP contribution is -2.42. The minimum Gasteiger partial charge on any atom is -0.394 e. The molecular formula is C35H74O2Si. The van der Waals surface area contributed by atoms with Crippen LogP contribution >= 0.6 is 0 Å². The Hall–Kier alpha value is 0.137. The first kappa shape index (κ1) is 38.1. The number of rotatable bonds is 33. The maximum Gasteiger partial charge on any atom is 0.338 e. The summed E-state index contributed by atoms with van der Waals surface area (Å²) in [6.07, 6.45) is 38.4. The first-order valence-electron chi connectivity index (χ1n) is 18.0. The van der Waals surface area contributed by atoms with Crippen LogP contribution in [0.2, 0.25) is 12.1 Å². The van der Waals surface area contributed by atoms with Crippen LogP contribution < -0.4 is 0 Å². The topological polar surface area (TPSA) is 18.5 Å². The van der Waals surface area contributed by atoms with E-state index in [1.165, 1.54) is 185 Å². The van der Waals surface area contributed by atoms with Gasteiger partial charge in [0.2, 0.25) is 0 Å². The highest BCUT2D eigenvalue weighted by Crippen LogP contribution is 2.26. The molecule has 0 fully saturated rings. The van der Waals surface area contributed by atoms with Crippen molar-refractivity contribution in [2.45, 2.75) is 213 Å². The fourth-order valence-corrected chi connectivity index (χ4v) is 9.52. The number of unbranched alkanes of at least 4 members (excludes halogenated alkanes) is 25. The van der Waals surface area contributed by atoms with Gasteiger partial charge in [0, 0.05) is 13.2 Å². The fraction of sp³-hybridized carbons (Fsp3) is 1.00. The van der Waals surface area contributed by atoms with Crippen molar-refractivity contribution in [1.29, 1.82) is 0 Å². The molecule has 0 saturated carbocycles. The molecule has 38 heavy (non-hydrogen) atoms. The zero-order valence-electron chi connectivity index (χ0n) is 27.2. The van der Waals surface area contributed by atoms with E-state index in [0.29, 0.717) is 0 Å². The third-order valence-electron chi connectivity index (χ3n) is 8.39. The van der Waals surface area contributed by atoms with Gasteiger partial charge < -0.3 is 8.85 Å². The molecule has 3 heteroatoms. The number of hydrogen-bond donors (Lipinski definition) is 0. The molecule has 0 aliphatic carbocycles. The van der Waals surface area contributed by atoms with Gasteiger partial charge in [0.1, 0.15) is 0 Å². The summed E-state index contributed by atoms with van der Waals surface area (Å²) in [7, 11) is -2.00. The van der Waals surface area contributed by atoms with Gasteiger partial charge in [0.25, 0.3) is 0 Å². The summed E-state index contributed by atoms with van der Waals surface area (Å²) >= 11 is 0. The molecule has 0 heterocycles. The summed E-state index contributed by atoms with van der Waals surface area (Å²) in [6, 6.07) is 2.43. The summed E-state index contributed by atoms with van der Waals surface area (Å²) in [5.74, 6) is 0. The smallest absolute Gasteiger partial charge is 0.338 e. The largest absolute Gasteiger partial charge is 0.394 e. The highest BCUT2D eigenvalue weighted by atomic mass is 28.4. The van der Waals surface area contributed by atoms with Gasteiger partial charge in [-0.1, -0.05) is 187 Å². The Bertz CT molecular complexity index is 422. The molecule has 0 spiro atoms. The summed E-state index contributed by atoms with van der Waals surface area (Å²) < 4.78 is 12.8. The van der Waals surface area contributed by atoms with Crippen LogP contribution in [0.1, 0.15) is 201 Å².